The summed E-state index contributed by atoms with van der Waals surface area (Å²) in [5.74, 6) is 2.16. The van der Waals surface area contributed by atoms with Gasteiger partial charge in [-0.05, 0) is 61.9 Å². The van der Waals surface area contributed by atoms with E-state index in [1.54, 1.807) is 0 Å². The summed E-state index contributed by atoms with van der Waals surface area (Å²) < 4.78 is 8.29. The zero-order chi connectivity index (χ0) is 24.3. The van der Waals surface area contributed by atoms with Crippen LogP contribution in [-0.4, -0.2) is 28.6 Å². The van der Waals surface area contributed by atoms with Gasteiger partial charge in [-0.1, -0.05) is 60.7 Å². The third-order valence-corrected chi connectivity index (χ3v) is 6.24. The molecule has 0 saturated heterocycles. The molecule has 0 aliphatic carbocycles. The highest BCUT2D eigenvalue weighted by Crippen LogP contribution is 2.19. The molecule has 0 spiro atoms. The average Bonchev–Trinajstić information content (AvgIpc) is 3.24. The van der Waals surface area contributed by atoms with Crippen LogP contribution in [-0.2, 0) is 24.2 Å². The molecule has 0 bridgehead atoms. The lowest BCUT2D eigenvalue weighted by Crippen LogP contribution is -2.25. The minimum atomic E-state index is 0.107. The first-order valence-corrected chi connectivity index (χ1v) is 12.6. The molecule has 4 aromatic rings. The third-order valence-electron chi connectivity index (χ3n) is 6.24. The number of hydrogen-bond acceptors (Lipinski definition) is 3. The van der Waals surface area contributed by atoms with E-state index in [0.29, 0.717) is 19.6 Å². The van der Waals surface area contributed by atoms with Crippen LogP contribution < -0.4 is 10.1 Å². The van der Waals surface area contributed by atoms with Crippen LogP contribution >= 0.6 is 0 Å². The molecule has 1 N–H and O–H groups in total. The third kappa shape index (κ3) is 7.19. The lowest BCUT2D eigenvalue weighted by atomic mass is 10.1. The van der Waals surface area contributed by atoms with E-state index in [9.17, 15) is 4.79 Å². The zero-order valence-electron chi connectivity index (χ0n) is 20.6. The van der Waals surface area contributed by atoms with Gasteiger partial charge in [0.05, 0.1) is 17.6 Å². The van der Waals surface area contributed by atoms with Gasteiger partial charge in [0.25, 0.3) is 0 Å². The molecule has 1 heterocycles. The Morgan fingerprint density at radius 2 is 1.66 bits per heavy atom. The fourth-order valence-corrected chi connectivity index (χ4v) is 4.30. The van der Waals surface area contributed by atoms with Gasteiger partial charge in [0.2, 0.25) is 5.91 Å². The summed E-state index contributed by atoms with van der Waals surface area (Å²) in [5.41, 5.74) is 4.57. The van der Waals surface area contributed by atoms with Crippen molar-refractivity contribution in [1.82, 2.24) is 14.9 Å². The number of rotatable bonds is 13. The molecular formula is C30H35N3O2. The molecule has 182 valence electrons. The Kier molecular flexibility index (Phi) is 8.93. The maximum absolute atomic E-state index is 12.2. The van der Waals surface area contributed by atoms with Crippen molar-refractivity contribution in [1.29, 1.82) is 0 Å². The standard InChI is InChI=1S/C30H35N3O2/c1-24-12-5-8-17-28(24)35-23-10-9-22-33-27-16-7-6-15-26(27)32-29(33)18-11-21-31-30(34)20-19-25-13-3-2-4-14-25/h2-8,12-17H,9-11,18-23H2,1H3,(H,31,34). The van der Waals surface area contributed by atoms with Crippen molar-refractivity contribution in [2.45, 2.75) is 52.0 Å². The maximum atomic E-state index is 12.2. The molecule has 0 saturated carbocycles. The van der Waals surface area contributed by atoms with Gasteiger partial charge in [0.1, 0.15) is 11.6 Å². The Morgan fingerprint density at radius 3 is 2.51 bits per heavy atom. The average molecular weight is 470 g/mol. The number of carbonyl (C=O) groups is 1. The first kappa shape index (κ1) is 24.5. The van der Waals surface area contributed by atoms with E-state index >= 15 is 0 Å². The lowest BCUT2D eigenvalue weighted by Gasteiger charge is -2.11. The fraction of sp³-hybridized carbons (Fsp3) is 0.333. The molecule has 4 rings (SSSR count). The van der Waals surface area contributed by atoms with E-state index < -0.39 is 0 Å². The highest BCUT2D eigenvalue weighted by Gasteiger charge is 2.10. The molecule has 0 atom stereocenters. The molecule has 0 unspecified atom stereocenters. The van der Waals surface area contributed by atoms with Crippen LogP contribution in [0.25, 0.3) is 11.0 Å². The number of benzene rings is 3. The number of aryl methyl sites for hydroxylation is 4. The number of carbonyl (C=O) groups excluding carboxylic acids is 1. The first-order chi connectivity index (χ1) is 17.2. The predicted molar refractivity (Wildman–Crippen MR) is 142 cm³/mol. The van der Waals surface area contributed by atoms with E-state index in [-0.39, 0.29) is 5.91 Å². The minimum Gasteiger partial charge on any atom is -0.493 e. The summed E-state index contributed by atoms with van der Waals surface area (Å²) in [6.07, 6.45) is 5.01. The van der Waals surface area contributed by atoms with Gasteiger partial charge in [0, 0.05) is 25.9 Å². The molecular weight excluding hydrogens is 434 g/mol. The van der Waals surface area contributed by atoms with Crippen molar-refractivity contribution in [3.63, 3.8) is 0 Å². The molecule has 5 nitrogen and oxygen atoms in total. The van der Waals surface area contributed by atoms with Crippen molar-refractivity contribution < 1.29 is 9.53 Å². The molecule has 3 aromatic carbocycles. The number of nitrogens with one attached hydrogen (secondary N) is 1. The number of amides is 1. The number of unbranched alkanes of at least 4 members (excludes halogenated alkanes) is 1. The molecule has 1 amide bonds. The number of aromatic nitrogens is 2. The Balaban J connectivity index is 1.24. The zero-order valence-corrected chi connectivity index (χ0v) is 20.6. The molecule has 35 heavy (non-hydrogen) atoms. The number of imidazole rings is 1. The Bertz CT molecular complexity index is 1220. The molecule has 1 aromatic heterocycles. The fourth-order valence-electron chi connectivity index (χ4n) is 4.30. The second-order valence-corrected chi connectivity index (χ2v) is 8.93. The van der Waals surface area contributed by atoms with E-state index in [0.717, 1.165) is 55.7 Å². The largest absolute Gasteiger partial charge is 0.493 e. The minimum absolute atomic E-state index is 0.107. The van der Waals surface area contributed by atoms with E-state index in [1.807, 2.05) is 42.5 Å². The molecule has 0 fully saturated rings. The van der Waals surface area contributed by atoms with Crippen LogP contribution in [0.3, 0.4) is 0 Å². The lowest BCUT2D eigenvalue weighted by molar-refractivity contribution is -0.121. The topological polar surface area (TPSA) is 56.1 Å². The van der Waals surface area contributed by atoms with Crippen molar-refractivity contribution in [2.24, 2.45) is 0 Å². The smallest absolute Gasteiger partial charge is 0.220 e. The number of fused-ring (bicyclic) bond motifs is 1. The monoisotopic (exact) mass is 469 g/mol. The van der Waals surface area contributed by atoms with Crippen molar-refractivity contribution in [2.75, 3.05) is 13.2 Å². The van der Waals surface area contributed by atoms with Crippen molar-refractivity contribution in [3.8, 4) is 5.75 Å². The Morgan fingerprint density at radius 1 is 0.886 bits per heavy atom. The van der Waals surface area contributed by atoms with E-state index in [2.05, 4.69) is 53.2 Å². The Hall–Kier alpha value is -3.60. The van der Waals surface area contributed by atoms with E-state index in [1.165, 1.54) is 16.6 Å². The summed E-state index contributed by atoms with van der Waals surface area (Å²) in [4.78, 5) is 17.1. The van der Waals surface area contributed by atoms with Crippen LogP contribution in [0.15, 0.2) is 78.9 Å². The van der Waals surface area contributed by atoms with Gasteiger partial charge in [0.15, 0.2) is 0 Å². The molecule has 0 aliphatic heterocycles. The Labute approximate surface area is 208 Å². The molecule has 0 aliphatic rings. The molecule has 5 heteroatoms. The number of ether oxygens (including phenoxy) is 1. The highest BCUT2D eigenvalue weighted by molar-refractivity contribution is 5.76. The van der Waals surface area contributed by atoms with Gasteiger partial charge in [-0.25, -0.2) is 4.98 Å². The maximum Gasteiger partial charge on any atom is 0.220 e. The number of nitrogens with zero attached hydrogens (tertiary/aromatic N) is 2. The first-order valence-electron chi connectivity index (χ1n) is 12.6. The van der Waals surface area contributed by atoms with Crippen molar-refractivity contribution >= 4 is 16.9 Å². The van der Waals surface area contributed by atoms with Crippen LogP contribution in [0.4, 0.5) is 0 Å². The van der Waals surface area contributed by atoms with E-state index in [4.69, 9.17) is 9.72 Å². The van der Waals surface area contributed by atoms with Gasteiger partial charge in [-0.2, -0.15) is 0 Å². The quantitative estimate of drug-likeness (QED) is 0.249. The summed E-state index contributed by atoms with van der Waals surface area (Å²) in [6.45, 7) is 4.37. The summed E-state index contributed by atoms with van der Waals surface area (Å²) in [7, 11) is 0. The van der Waals surface area contributed by atoms with Gasteiger partial charge in [-0.3, -0.25) is 4.79 Å². The van der Waals surface area contributed by atoms with Crippen LogP contribution in [0, 0.1) is 6.92 Å². The number of para-hydroxylation sites is 3. The van der Waals surface area contributed by atoms with Crippen LogP contribution in [0.1, 0.15) is 42.6 Å². The normalized spacial score (nSPS) is 11.0. The summed E-state index contributed by atoms with van der Waals surface area (Å²) in [5, 5.41) is 3.06. The summed E-state index contributed by atoms with van der Waals surface area (Å²) in [6, 6.07) is 26.6. The molecule has 0 radical (unpaired) electrons. The highest BCUT2D eigenvalue weighted by atomic mass is 16.5. The van der Waals surface area contributed by atoms with Crippen LogP contribution in [0.5, 0.6) is 5.75 Å². The number of hydrogen-bond donors (Lipinski definition) is 1. The SMILES string of the molecule is Cc1ccccc1OCCCCn1c(CCCNC(=O)CCc2ccccc2)nc2ccccc21. The van der Waals surface area contributed by atoms with Crippen LogP contribution in [0.2, 0.25) is 0 Å². The van der Waals surface area contributed by atoms with Gasteiger partial charge < -0.3 is 14.6 Å². The van der Waals surface area contributed by atoms with Gasteiger partial charge in [-0.15, -0.1) is 0 Å². The van der Waals surface area contributed by atoms with Crippen molar-refractivity contribution in [3.05, 3.63) is 95.8 Å². The second-order valence-electron chi connectivity index (χ2n) is 8.93. The van der Waals surface area contributed by atoms with Gasteiger partial charge >= 0.3 is 0 Å². The second kappa shape index (κ2) is 12.7. The summed E-state index contributed by atoms with van der Waals surface area (Å²) >= 11 is 0. The predicted octanol–water partition coefficient (Wildman–Crippen LogP) is 5.89.